The van der Waals surface area contributed by atoms with E-state index in [1.807, 2.05) is 11.6 Å². The quantitative estimate of drug-likeness (QED) is 0.0835. The number of hydrogen-bond donors (Lipinski definition) is 1. The molecule has 4 aromatic rings. The van der Waals surface area contributed by atoms with Crippen molar-refractivity contribution in [3.05, 3.63) is 107 Å². The van der Waals surface area contributed by atoms with Gasteiger partial charge in [0.1, 0.15) is 0 Å². The van der Waals surface area contributed by atoms with Gasteiger partial charge in [-0.25, -0.2) is 22.6 Å². The maximum atomic E-state index is 13.5. The summed E-state index contributed by atoms with van der Waals surface area (Å²) in [5.41, 5.74) is 0.821. The van der Waals surface area contributed by atoms with E-state index in [4.69, 9.17) is 9.57 Å². The Morgan fingerprint density at radius 1 is 1.04 bits per heavy atom. The average Bonchev–Trinajstić information content (AvgIpc) is 3.46. The molecule has 5 rings (SSSR count). The largest absolute Gasteiger partial charge is 0.569 e. The number of halogens is 3. The minimum absolute atomic E-state index is 0.0498. The van der Waals surface area contributed by atoms with Gasteiger partial charge in [0.25, 0.3) is 16.3 Å². The van der Waals surface area contributed by atoms with Crippen molar-refractivity contribution in [1.29, 1.82) is 0 Å². The highest BCUT2D eigenvalue weighted by molar-refractivity contribution is 7.90. The zero-order valence-corrected chi connectivity index (χ0v) is 25.6. The van der Waals surface area contributed by atoms with Gasteiger partial charge in [-0.15, -0.1) is 5.01 Å². The van der Waals surface area contributed by atoms with Crippen LogP contribution in [0, 0.1) is 18.0 Å². The van der Waals surface area contributed by atoms with Crippen molar-refractivity contribution in [2.24, 2.45) is 11.2 Å². The second kappa shape index (κ2) is 13.1. The standard InChI is InChI=1S/C30H27F3N6O7S/c1-19-8-10-21(11-9-19)26-16-27(30(31,32)33)34-38(26)24-12-14-25(15-13-24)47(43,44)35-28(40)23-17-37(18-23)39(42)36-46-20(2)45-29(41)22-6-4-3-5-7-22/h3-16,20,23H,17-18H2,1-2H3,(H,35,40). The van der Waals surface area contributed by atoms with Crippen molar-refractivity contribution in [2.75, 3.05) is 13.1 Å². The lowest BCUT2D eigenvalue weighted by Crippen LogP contribution is -2.56. The zero-order valence-electron chi connectivity index (χ0n) is 24.8. The Morgan fingerprint density at radius 3 is 2.30 bits per heavy atom. The van der Waals surface area contributed by atoms with Crippen molar-refractivity contribution in [3.63, 3.8) is 0 Å². The number of carbonyl (C=O) groups is 2. The molecule has 1 N–H and O–H groups in total. The highest BCUT2D eigenvalue weighted by atomic mass is 32.2. The lowest BCUT2D eigenvalue weighted by Gasteiger charge is -2.32. The summed E-state index contributed by atoms with van der Waals surface area (Å²) in [4.78, 5) is 29.3. The summed E-state index contributed by atoms with van der Waals surface area (Å²) >= 11 is 0. The fraction of sp³-hybridized carbons (Fsp3) is 0.233. The molecule has 246 valence electrons. The van der Waals surface area contributed by atoms with Crippen LogP contribution in [0.15, 0.2) is 95.1 Å². The Morgan fingerprint density at radius 2 is 1.68 bits per heavy atom. The van der Waals surface area contributed by atoms with Crippen LogP contribution in [-0.2, 0) is 30.6 Å². The van der Waals surface area contributed by atoms with Crippen molar-refractivity contribution in [3.8, 4) is 16.9 Å². The minimum Gasteiger partial charge on any atom is -0.569 e. The van der Waals surface area contributed by atoms with Gasteiger partial charge in [-0.2, -0.15) is 18.3 Å². The zero-order chi connectivity index (χ0) is 33.9. The van der Waals surface area contributed by atoms with E-state index < -0.39 is 46.0 Å². The second-order valence-corrected chi connectivity index (χ2v) is 12.2. The number of benzene rings is 3. The Labute approximate surface area is 266 Å². The van der Waals surface area contributed by atoms with Crippen LogP contribution < -0.4 is 4.72 Å². The van der Waals surface area contributed by atoms with E-state index >= 15 is 0 Å². The first-order chi connectivity index (χ1) is 22.2. The summed E-state index contributed by atoms with van der Waals surface area (Å²) in [6.45, 7) is 2.82. The van der Waals surface area contributed by atoms with Crippen LogP contribution in [0.4, 0.5) is 13.2 Å². The van der Waals surface area contributed by atoms with Gasteiger partial charge in [-0.05, 0) is 49.4 Å². The molecule has 1 unspecified atom stereocenters. The number of rotatable bonds is 10. The van der Waals surface area contributed by atoms with Gasteiger partial charge < -0.3 is 9.94 Å². The third-order valence-electron chi connectivity index (χ3n) is 7.00. The monoisotopic (exact) mass is 672 g/mol. The van der Waals surface area contributed by atoms with Crippen LogP contribution in [0.3, 0.4) is 0 Å². The number of esters is 1. The molecule has 1 aliphatic heterocycles. The summed E-state index contributed by atoms with van der Waals surface area (Å²) in [7, 11) is -4.37. The lowest BCUT2D eigenvalue weighted by atomic mass is 10.0. The Hall–Kier alpha value is -5.45. The van der Waals surface area contributed by atoms with Crippen molar-refractivity contribution >= 4 is 21.9 Å². The molecule has 1 amide bonds. The van der Waals surface area contributed by atoms with Gasteiger partial charge in [0.2, 0.25) is 11.2 Å². The van der Waals surface area contributed by atoms with Crippen LogP contribution in [0.2, 0.25) is 0 Å². The SMILES string of the molecule is Cc1ccc(-c2cc(C(F)(F)F)nn2-c2ccc(S(=O)(=O)NC(=O)C3CN([N+]([O-])=NOC(C)OC(=O)c4ccccc4)C3)cc2)cc1. The molecule has 2 heterocycles. The summed E-state index contributed by atoms with van der Waals surface area (Å²) in [6, 6.07) is 20.6. The number of amides is 1. The molecule has 0 saturated carbocycles. The van der Waals surface area contributed by atoms with Crippen LogP contribution in [0.5, 0.6) is 0 Å². The van der Waals surface area contributed by atoms with Crippen LogP contribution >= 0.6 is 0 Å². The smallest absolute Gasteiger partial charge is 0.435 e. The predicted molar refractivity (Wildman–Crippen MR) is 158 cm³/mol. The molecule has 0 spiro atoms. The Bertz CT molecular complexity index is 1890. The summed E-state index contributed by atoms with van der Waals surface area (Å²) in [5.74, 6) is -2.45. The summed E-state index contributed by atoms with van der Waals surface area (Å²) < 4.78 is 74.4. The highest BCUT2D eigenvalue weighted by Gasteiger charge is 2.40. The van der Waals surface area contributed by atoms with E-state index in [0.717, 1.165) is 33.5 Å². The topological polar surface area (TPSA) is 158 Å². The minimum atomic E-state index is -4.71. The molecule has 1 atom stereocenters. The van der Waals surface area contributed by atoms with Crippen LogP contribution in [0.1, 0.15) is 28.5 Å². The number of alkyl halides is 3. The Balaban J connectivity index is 1.19. The van der Waals surface area contributed by atoms with Crippen LogP contribution in [0.25, 0.3) is 16.9 Å². The van der Waals surface area contributed by atoms with Crippen molar-refractivity contribution in [1.82, 2.24) is 19.5 Å². The number of hydrogen-bond acceptors (Lipinski definition) is 9. The number of sulfonamides is 1. The molecule has 0 radical (unpaired) electrons. The Kier molecular flexibility index (Phi) is 9.19. The lowest BCUT2D eigenvalue weighted by molar-refractivity contribution is -0.727. The molecule has 0 aliphatic carbocycles. The first-order valence-electron chi connectivity index (χ1n) is 14.0. The highest BCUT2D eigenvalue weighted by Crippen LogP contribution is 2.33. The molecule has 1 saturated heterocycles. The van der Waals surface area contributed by atoms with Crippen molar-refractivity contribution < 1.29 is 45.7 Å². The molecule has 3 aromatic carbocycles. The number of aromatic nitrogens is 2. The molecular formula is C30H27F3N6O7S. The normalized spacial score (nSPS) is 14.7. The molecule has 47 heavy (non-hydrogen) atoms. The maximum absolute atomic E-state index is 13.5. The molecule has 13 nitrogen and oxygen atoms in total. The molecule has 1 aromatic heterocycles. The first kappa shape index (κ1) is 32.9. The second-order valence-electron chi connectivity index (χ2n) is 10.5. The molecule has 0 bridgehead atoms. The maximum Gasteiger partial charge on any atom is 0.435 e. The van der Waals surface area contributed by atoms with Gasteiger partial charge in [-0.1, -0.05) is 48.0 Å². The van der Waals surface area contributed by atoms with Gasteiger partial charge in [0, 0.05) is 12.5 Å². The van der Waals surface area contributed by atoms with Gasteiger partial charge in [0.15, 0.2) is 5.69 Å². The van der Waals surface area contributed by atoms with Gasteiger partial charge >= 0.3 is 12.1 Å². The number of aryl methyl sites for hydroxylation is 1. The molecule has 17 heteroatoms. The number of carbonyl (C=O) groups excluding carboxylic acids is 2. The number of hydrazine groups is 1. The van der Waals surface area contributed by atoms with E-state index in [1.54, 1.807) is 42.5 Å². The van der Waals surface area contributed by atoms with Gasteiger partial charge in [0.05, 0.1) is 45.8 Å². The fourth-order valence-corrected chi connectivity index (χ4v) is 5.47. The third kappa shape index (κ3) is 7.69. The van der Waals surface area contributed by atoms with E-state index in [2.05, 4.69) is 10.4 Å². The average molecular weight is 673 g/mol. The number of ether oxygens (including phenoxy) is 1. The number of nitrogens with one attached hydrogen (secondary N) is 1. The molecule has 1 aliphatic rings. The van der Waals surface area contributed by atoms with E-state index in [9.17, 15) is 36.4 Å². The summed E-state index contributed by atoms with van der Waals surface area (Å²) in [5, 5.41) is 20.2. The number of nitrogens with zero attached hydrogens (tertiary/aromatic N) is 5. The van der Waals surface area contributed by atoms with E-state index in [1.165, 1.54) is 31.2 Å². The first-order valence-corrected chi connectivity index (χ1v) is 15.5. The van der Waals surface area contributed by atoms with Crippen LogP contribution in [-0.4, -0.2) is 59.4 Å². The van der Waals surface area contributed by atoms with E-state index in [0.29, 0.717) is 5.56 Å². The molecule has 1 fully saturated rings. The van der Waals surface area contributed by atoms with Crippen molar-refractivity contribution in [2.45, 2.75) is 31.2 Å². The van der Waals surface area contributed by atoms with E-state index in [-0.39, 0.29) is 39.9 Å². The molecular weight excluding hydrogens is 645 g/mol. The predicted octanol–water partition coefficient (Wildman–Crippen LogP) is 4.62. The fourth-order valence-electron chi connectivity index (χ4n) is 4.42. The van der Waals surface area contributed by atoms with Gasteiger partial charge in [-0.3, -0.25) is 9.63 Å². The summed E-state index contributed by atoms with van der Waals surface area (Å²) in [6.07, 6.45) is -5.92. The third-order valence-corrected chi connectivity index (χ3v) is 8.36.